The number of aliphatic hydroxyl groups is 1. The fourth-order valence-electron chi connectivity index (χ4n) is 1.71. The standard InChI is InChI=1S/C13H15F3O4/c14-13(15,16)12(17)11-10(20-11)7-19-8-18-6-9-4-2-1-3-5-9/h1-5,10-12,17H,6-8H2. The Morgan fingerprint density at radius 2 is 1.90 bits per heavy atom. The second kappa shape index (κ2) is 6.53. The van der Waals surface area contributed by atoms with Gasteiger partial charge >= 0.3 is 6.18 Å². The Hall–Kier alpha value is -1.15. The summed E-state index contributed by atoms with van der Waals surface area (Å²) < 4.78 is 51.4. The van der Waals surface area contributed by atoms with Gasteiger partial charge in [-0.1, -0.05) is 30.3 Å². The van der Waals surface area contributed by atoms with Crippen LogP contribution in [-0.4, -0.2) is 43.0 Å². The Labute approximate surface area is 114 Å². The first-order valence-corrected chi connectivity index (χ1v) is 6.08. The van der Waals surface area contributed by atoms with Crippen LogP contribution < -0.4 is 0 Å². The summed E-state index contributed by atoms with van der Waals surface area (Å²) in [7, 11) is 0. The molecule has 0 aliphatic carbocycles. The molecule has 7 heteroatoms. The second-order valence-corrected chi connectivity index (χ2v) is 4.45. The number of aliphatic hydroxyl groups excluding tert-OH is 1. The van der Waals surface area contributed by atoms with Gasteiger partial charge in [-0.15, -0.1) is 0 Å². The van der Waals surface area contributed by atoms with Crippen LogP contribution >= 0.6 is 0 Å². The van der Waals surface area contributed by atoms with Gasteiger partial charge in [0.1, 0.15) is 19.0 Å². The summed E-state index contributed by atoms with van der Waals surface area (Å²) in [5.41, 5.74) is 0.976. The first-order valence-electron chi connectivity index (χ1n) is 6.08. The van der Waals surface area contributed by atoms with Crippen molar-refractivity contribution in [2.75, 3.05) is 13.4 Å². The van der Waals surface area contributed by atoms with Crippen LogP contribution in [0, 0.1) is 0 Å². The summed E-state index contributed by atoms with van der Waals surface area (Å²) in [4.78, 5) is 0. The van der Waals surface area contributed by atoms with Gasteiger partial charge < -0.3 is 19.3 Å². The summed E-state index contributed by atoms with van der Waals surface area (Å²) in [6.45, 7) is 0.289. The van der Waals surface area contributed by atoms with Crippen LogP contribution in [0.2, 0.25) is 0 Å². The Kier molecular flexibility index (Phi) is 4.98. The molecule has 4 nitrogen and oxygen atoms in total. The maximum atomic E-state index is 12.1. The van der Waals surface area contributed by atoms with Gasteiger partial charge in [-0.3, -0.25) is 0 Å². The largest absolute Gasteiger partial charge is 0.417 e. The molecule has 1 N–H and O–H groups in total. The van der Waals surface area contributed by atoms with E-state index in [2.05, 4.69) is 0 Å². The van der Waals surface area contributed by atoms with Crippen LogP contribution in [0.3, 0.4) is 0 Å². The van der Waals surface area contributed by atoms with Gasteiger partial charge in [-0.2, -0.15) is 13.2 Å². The van der Waals surface area contributed by atoms with Gasteiger partial charge in [0.15, 0.2) is 6.10 Å². The molecule has 1 aliphatic heterocycles. The predicted molar refractivity (Wildman–Crippen MR) is 62.8 cm³/mol. The molecule has 0 bridgehead atoms. The monoisotopic (exact) mass is 292 g/mol. The van der Waals surface area contributed by atoms with Crippen LogP contribution in [0.1, 0.15) is 5.56 Å². The fourth-order valence-corrected chi connectivity index (χ4v) is 1.71. The van der Waals surface area contributed by atoms with E-state index in [1.807, 2.05) is 30.3 Å². The smallest absolute Gasteiger partial charge is 0.381 e. The van der Waals surface area contributed by atoms with Gasteiger partial charge in [0.05, 0.1) is 13.2 Å². The van der Waals surface area contributed by atoms with Gasteiger partial charge in [0.25, 0.3) is 0 Å². The van der Waals surface area contributed by atoms with Crippen molar-refractivity contribution in [3.63, 3.8) is 0 Å². The molecule has 0 saturated carbocycles. The molecule has 3 unspecified atom stereocenters. The van der Waals surface area contributed by atoms with Crippen molar-refractivity contribution in [1.82, 2.24) is 0 Å². The van der Waals surface area contributed by atoms with Crippen molar-refractivity contribution in [3.05, 3.63) is 35.9 Å². The number of rotatable bonds is 7. The van der Waals surface area contributed by atoms with E-state index in [1.165, 1.54) is 0 Å². The van der Waals surface area contributed by atoms with Crippen LogP contribution in [0.5, 0.6) is 0 Å². The first kappa shape index (κ1) is 15.2. The summed E-state index contributed by atoms with van der Waals surface area (Å²) >= 11 is 0. The van der Waals surface area contributed by atoms with Crippen molar-refractivity contribution in [3.8, 4) is 0 Å². The average Bonchev–Trinajstić information content (AvgIpc) is 3.17. The van der Waals surface area contributed by atoms with Crippen LogP contribution in [0.15, 0.2) is 30.3 Å². The molecular formula is C13H15F3O4. The third kappa shape index (κ3) is 4.45. The molecule has 2 rings (SSSR count). The zero-order valence-corrected chi connectivity index (χ0v) is 10.5. The second-order valence-electron chi connectivity index (χ2n) is 4.45. The lowest BCUT2D eigenvalue weighted by atomic mass is 10.2. The number of hydrogen-bond acceptors (Lipinski definition) is 4. The first-order chi connectivity index (χ1) is 9.48. The molecule has 0 spiro atoms. The molecule has 0 radical (unpaired) electrons. The molecule has 1 aliphatic rings. The molecule has 112 valence electrons. The summed E-state index contributed by atoms with van der Waals surface area (Å²) in [6, 6.07) is 9.41. The Morgan fingerprint density at radius 1 is 1.20 bits per heavy atom. The third-order valence-corrected chi connectivity index (χ3v) is 2.83. The SMILES string of the molecule is OC(C1OC1COCOCc1ccccc1)C(F)(F)F. The van der Waals surface area contributed by atoms with Gasteiger partial charge in [-0.25, -0.2) is 0 Å². The Morgan fingerprint density at radius 3 is 2.55 bits per heavy atom. The zero-order valence-electron chi connectivity index (χ0n) is 10.5. The van der Waals surface area contributed by atoms with Crippen LogP contribution in [-0.2, 0) is 20.8 Å². The maximum absolute atomic E-state index is 12.1. The lowest BCUT2D eigenvalue weighted by Crippen LogP contribution is -2.35. The highest BCUT2D eigenvalue weighted by Crippen LogP contribution is 2.34. The summed E-state index contributed by atoms with van der Waals surface area (Å²) in [5.74, 6) is 0. The van der Waals surface area contributed by atoms with E-state index < -0.39 is 24.5 Å². The summed E-state index contributed by atoms with van der Waals surface area (Å²) in [6.07, 6.45) is -9.08. The number of benzene rings is 1. The highest BCUT2D eigenvalue weighted by atomic mass is 19.4. The van der Waals surface area contributed by atoms with E-state index in [9.17, 15) is 13.2 Å². The van der Waals surface area contributed by atoms with Crippen LogP contribution in [0.4, 0.5) is 13.2 Å². The fraction of sp³-hybridized carbons (Fsp3) is 0.538. The highest BCUT2D eigenvalue weighted by molar-refractivity contribution is 5.13. The molecule has 1 heterocycles. The van der Waals surface area contributed by atoms with Crippen molar-refractivity contribution >= 4 is 0 Å². The average molecular weight is 292 g/mol. The topological polar surface area (TPSA) is 51.2 Å². The number of epoxide rings is 1. The molecule has 1 aromatic rings. The minimum Gasteiger partial charge on any atom is -0.381 e. The van der Waals surface area contributed by atoms with Crippen molar-refractivity contribution in [1.29, 1.82) is 0 Å². The highest BCUT2D eigenvalue weighted by Gasteiger charge is 2.55. The van der Waals surface area contributed by atoms with Crippen molar-refractivity contribution in [2.24, 2.45) is 0 Å². The molecule has 1 aromatic carbocycles. The summed E-state index contributed by atoms with van der Waals surface area (Å²) in [5, 5.41) is 8.91. The minimum atomic E-state index is -4.66. The van der Waals surface area contributed by atoms with E-state index in [0.717, 1.165) is 5.56 Å². The van der Waals surface area contributed by atoms with Crippen molar-refractivity contribution in [2.45, 2.75) is 31.1 Å². The number of ether oxygens (including phenoxy) is 3. The van der Waals surface area contributed by atoms with Gasteiger partial charge in [0.2, 0.25) is 0 Å². The Bertz CT molecular complexity index is 410. The molecule has 0 aromatic heterocycles. The lowest BCUT2D eigenvalue weighted by molar-refractivity contribution is -0.208. The third-order valence-electron chi connectivity index (χ3n) is 2.83. The van der Waals surface area contributed by atoms with E-state index in [4.69, 9.17) is 19.3 Å². The van der Waals surface area contributed by atoms with E-state index in [0.29, 0.717) is 6.61 Å². The molecule has 0 amide bonds. The predicted octanol–water partition coefficient (Wildman–Crippen LogP) is 1.87. The molecule has 1 fully saturated rings. The van der Waals surface area contributed by atoms with E-state index >= 15 is 0 Å². The zero-order chi connectivity index (χ0) is 14.6. The molecule has 1 saturated heterocycles. The van der Waals surface area contributed by atoms with Gasteiger partial charge in [0, 0.05) is 0 Å². The van der Waals surface area contributed by atoms with Crippen molar-refractivity contribution < 1.29 is 32.5 Å². The lowest BCUT2D eigenvalue weighted by Gasteiger charge is -2.11. The maximum Gasteiger partial charge on any atom is 0.417 e. The quantitative estimate of drug-likeness (QED) is 0.473. The number of alkyl halides is 3. The number of hydrogen-bond donors (Lipinski definition) is 1. The Balaban J connectivity index is 1.55. The van der Waals surface area contributed by atoms with E-state index in [1.54, 1.807) is 0 Å². The minimum absolute atomic E-state index is 0.0351. The normalized spacial score (nSPS) is 23.6. The van der Waals surface area contributed by atoms with Gasteiger partial charge in [-0.05, 0) is 5.56 Å². The molecular weight excluding hydrogens is 277 g/mol. The molecule has 20 heavy (non-hydrogen) atoms. The molecule has 3 atom stereocenters. The van der Waals surface area contributed by atoms with Crippen LogP contribution in [0.25, 0.3) is 0 Å². The van der Waals surface area contributed by atoms with E-state index in [-0.39, 0.29) is 13.4 Å². The number of halogens is 3.